The first-order valence-corrected chi connectivity index (χ1v) is 8.15. The molecule has 2 rings (SSSR count). The molecule has 106 valence electrons. The van der Waals surface area contributed by atoms with E-state index in [0.29, 0.717) is 12.2 Å². The molecule has 0 saturated carbocycles. The Morgan fingerprint density at radius 3 is 2.79 bits per heavy atom. The topological polar surface area (TPSA) is 64.0 Å². The summed E-state index contributed by atoms with van der Waals surface area (Å²) in [6.45, 7) is 2.22. The fourth-order valence-corrected chi connectivity index (χ4v) is 3.53. The lowest BCUT2D eigenvalue weighted by atomic mass is 9.97. The van der Waals surface area contributed by atoms with Crippen molar-refractivity contribution in [2.45, 2.75) is 43.9 Å². The van der Waals surface area contributed by atoms with Gasteiger partial charge in [0, 0.05) is 13.6 Å². The van der Waals surface area contributed by atoms with Crippen molar-refractivity contribution in [2.75, 3.05) is 6.54 Å². The van der Waals surface area contributed by atoms with Gasteiger partial charge in [-0.05, 0) is 39.0 Å². The van der Waals surface area contributed by atoms with Crippen molar-refractivity contribution in [1.82, 2.24) is 14.5 Å². The summed E-state index contributed by atoms with van der Waals surface area (Å²) in [6, 6.07) is 0. The van der Waals surface area contributed by atoms with Crippen molar-refractivity contribution in [3.63, 3.8) is 0 Å². The summed E-state index contributed by atoms with van der Waals surface area (Å²) >= 11 is 0. The zero-order valence-electron chi connectivity index (χ0n) is 11.5. The average molecular weight is 283 g/mol. The Hall–Kier alpha value is -1.14. The molecule has 0 fully saturated rings. The number of sulfonamides is 1. The van der Waals surface area contributed by atoms with E-state index in [1.165, 1.54) is 24.6 Å². The fourth-order valence-electron chi connectivity index (χ4n) is 2.30. The molecule has 0 aromatic carbocycles. The van der Waals surface area contributed by atoms with Gasteiger partial charge in [-0.2, -0.15) is 5.10 Å². The number of aromatic nitrogens is 2. The van der Waals surface area contributed by atoms with Gasteiger partial charge in [0.2, 0.25) is 10.0 Å². The largest absolute Gasteiger partial charge is 0.272 e. The van der Waals surface area contributed by atoms with Gasteiger partial charge < -0.3 is 0 Å². The Bertz CT molecular complexity index is 573. The Balaban J connectivity index is 1.95. The van der Waals surface area contributed by atoms with Gasteiger partial charge in [0.1, 0.15) is 4.90 Å². The molecule has 6 heteroatoms. The van der Waals surface area contributed by atoms with Crippen LogP contribution in [0.3, 0.4) is 0 Å². The lowest BCUT2D eigenvalue weighted by Gasteiger charge is -2.13. The van der Waals surface area contributed by atoms with Crippen molar-refractivity contribution in [1.29, 1.82) is 0 Å². The highest BCUT2D eigenvalue weighted by Gasteiger charge is 2.19. The summed E-state index contributed by atoms with van der Waals surface area (Å²) in [7, 11) is -1.69. The summed E-state index contributed by atoms with van der Waals surface area (Å²) < 4.78 is 28.5. The monoisotopic (exact) mass is 283 g/mol. The second kappa shape index (κ2) is 5.88. The molecule has 0 saturated heterocycles. The van der Waals surface area contributed by atoms with Crippen molar-refractivity contribution in [2.24, 2.45) is 7.05 Å². The van der Waals surface area contributed by atoms with E-state index in [1.807, 2.05) is 0 Å². The highest BCUT2D eigenvalue weighted by molar-refractivity contribution is 7.89. The van der Waals surface area contributed by atoms with E-state index in [9.17, 15) is 8.42 Å². The molecule has 0 aliphatic heterocycles. The van der Waals surface area contributed by atoms with E-state index >= 15 is 0 Å². The summed E-state index contributed by atoms with van der Waals surface area (Å²) in [4.78, 5) is 0.271. The standard InChI is InChI=1S/C13H21N3O2S/c1-11-13(10-14-16(11)2)19(17,18)15-9-8-12-6-4-3-5-7-12/h6,10,15H,3-5,7-9H2,1-2H3. The van der Waals surface area contributed by atoms with Crippen LogP contribution in [0.25, 0.3) is 0 Å². The Morgan fingerprint density at radius 2 is 2.21 bits per heavy atom. The molecular weight excluding hydrogens is 262 g/mol. The molecule has 1 heterocycles. The fraction of sp³-hybridized carbons (Fsp3) is 0.615. The third-order valence-corrected chi connectivity index (χ3v) is 5.17. The van der Waals surface area contributed by atoms with Crippen LogP contribution < -0.4 is 4.72 Å². The summed E-state index contributed by atoms with van der Waals surface area (Å²) in [5.74, 6) is 0. The Kier molecular flexibility index (Phi) is 4.42. The predicted octanol–water partition coefficient (Wildman–Crippen LogP) is 1.90. The summed E-state index contributed by atoms with van der Waals surface area (Å²) in [5.41, 5.74) is 2.03. The molecule has 1 aromatic heterocycles. The van der Waals surface area contributed by atoms with Crippen molar-refractivity contribution in [3.8, 4) is 0 Å². The first-order chi connectivity index (χ1) is 9.00. The molecule has 19 heavy (non-hydrogen) atoms. The first kappa shape index (κ1) is 14.3. The van der Waals surface area contributed by atoms with Crippen LogP contribution in [0, 0.1) is 6.92 Å². The molecule has 0 unspecified atom stereocenters. The zero-order chi connectivity index (χ0) is 13.9. The maximum atomic E-state index is 12.1. The maximum Gasteiger partial charge on any atom is 0.243 e. The van der Waals surface area contributed by atoms with Gasteiger partial charge in [-0.3, -0.25) is 4.68 Å². The smallest absolute Gasteiger partial charge is 0.243 e. The van der Waals surface area contributed by atoms with Gasteiger partial charge in [-0.25, -0.2) is 13.1 Å². The van der Waals surface area contributed by atoms with Gasteiger partial charge in [0.05, 0.1) is 11.9 Å². The van der Waals surface area contributed by atoms with E-state index in [2.05, 4.69) is 15.9 Å². The number of hydrogen-bond acceptors (Lipinski definition) is 3. The third kappa shape index (κ3) is 3.45. The van der Waals surface area contributed by atoms with E-state index in [4.69, 9.17) is 0 Å². The molecule has 1 N–H and O–H groups in total. The SMILES string of the molecule is Cc1c(S(=O)(=O)NCCC2=CCCCC2)cnn1C. The molecule has 0 atom stereocenters. The number of aryl methyl sites for hydroxylation is 1. The minimum absolute atomic E-state index is 0.271. The zero-order valence-corrected chi connectivity index (χ0v) is 12.3. The number of hydrogen-bond donors (Lipinski definition) is 1. The Morgan fingerprint density at radius 1 is 1.42 bits per heavy atom. The molecule has 1 aliphatic rings. The first-order valence-electron chi connectivity index (χ1n) is 6.67. The van der Waals surface area contributed by atoms with Crippen LogP contribution in [-0.4, -0.2) is 24.7 Å². The van der Waals surface area contributed by atoms with Gasteiger partial charge in [0.25, 0.3) is 0 Å². The number of allylic oxidation sites excluding steroid dienone is 1. The summed E-state index contributed by atoms with van der Waals surface area (Å²) in [5, 5.41) is 3.97. The minimum Gasteiger partial charge on any atom is -0.272 e. The van der Waals surface area contributed by atoms with Crippen LogP contribution in [0.4, 0.5) is 0 Å². The normalized spacial score (nSPS) is 16.4. The van der Waals surface area contributed by atoms with Gasteiger partial charge in [-0.15, -0.1) is 0 Å². The second-order valence-electron chi connectivity index (χ2n) is 4.97. The van der Waals surface area contributed by atoms with Gasteiger partial charge in [0.15, 0.2) is 0 Å². The highest BCUT2D eigenvalue weighted by Crippen LogP contribution is 2.20. The van der Waals surface area contributed by atoms with Crippen LogP contribution >= 0.6 is 0 Å². The summed E-state index contributed by atoms with van der Waals surface area (Å²) in [6.07, 6.45) is 9.16. The molecular formula is C13H21N3O2S. The van der Waals surface area contributed by atoms with Gasteiger partial charge >= 0.3 is 0 Å². The maximum absolute atomic E-state index is 12.1. The van der Waals surface area contributed by atoms with Crippen LogP contribution in [0.1, 0.15) is 37.8 Å². The number of nitrogens with one attached hydrogen (secondary N) is 1. The Labute approximate surface area is 114 Å². The molecule has 5 nitrogen and oxygen atoms in total. The molecule has 0 amide bonds. The molecule has 0 bridgehead atoms. The van der Waals surface area contributed by atoms with Crippen LogP contribution in [0.5, 0.6) is 0 Å². The third-order valence-electron chi connectivity index (χ3n) is 3.60. The van der Waals surface area contributed by atoms with E-state index < -0.39 is 10.0 Å². The van der Waals surface area contributed by atoms with E-state index in [1.54, 1.807) is 18.7 Å². The van der Waals surface area contributed by atoms with Crippen LogP contribution in [-0.2, 0) is 17.1 Å². The highest BCUT2D eigenvalue weighted by atomic mass is 32.2. The average Bonchev–Trinajstić information content (AvgIpc) is 2.72. The van der Waals surface area contributed by atoms with Gasteiger partial charge in [-0.1, -0.05) is 11.6 Å². The van der Waals surface area contributed by atoms with Crippen molar-refractivity contribution < 1.29 is 8.42 Å². The van der Waals surface area contributed by atoms with Crippen LogP contribution in [0.2, 0.25) is 0 Å². The molecule has 1 aromatic rings. The number of rotatable bonds is 5. The second-order valence-corrected chi connectivity index (χ2v) is 6.71. The lowest BCUT2D eigenvalue weighted by Crippen LogP contribution is -2.25. The van der Waals surface area contributed by atoms with Crippen LogP contribution in [0.15, 0.2) is 22.7 Å². The van der Waals surface area contributed by atoms with Crippen molar-refractivity contribution >= 4 is 10.0 Å². The minimum atomic E-state index is -3.43. The molecule has 0 spiro atoms. The molecule has 1 aliphatic carbocycles. The quantitative estimate of drug-likeness (QED) is 0.839. The van der Waals surface area contributed by atoms with Crippen molar-refractivity contribution in [3.05, 3.63) is 23.5 Å². The lowest BCUT2D eigenvalue weighted by molar-refractivity contribution is 0.578. The molecule has 0 radical (unpaired) electrons. The van der Waals surface area contributed by atoms with E-state index in [0.717, 1.165) is 19.3 Å². The van der Waals surface area contributed by atoms with E-state index in [-0.39, 0.29) is 4.90 Å². The predicted molar refractivity (Wildman–Crippen MR) is 74.3 cm³/mol. The number of nitrogens with zero attached hydrogens (tertiary/aromatic N) is 2.